The summed E-state index contributed by atoms with van der Waals surface area (Å²) in [5.41, 5.74) is 2.58. The van der Waals surface area contributed by atoms with Crippen molar-refractivity contribution in [1.29, 1.82) is 0 Å². The monoisotopic (exact) mass is 439 g/mol. The summed E-state index contributed by atoms with van der Waals surface area (Å²) in [6.45, 7) is 3.20. The van der Waals surface area contributed by atoms with E-state index in [2.05, 4.69) is 21.8 Å². The van der Waals surface area contributed by atoms with Crippen LogP contribution < -0.4 is 4.74 Å². The second-order valence-corrected chi connectivity index (χ2v) is 8.03. The van der Waals surface area contributed by atoms with Gasteiger partial charge in [0.1, 0.15) is 23.5 Å². The molecular weight excluding hydrogens is 414 g/mol. The van der Waals surface area contributed by atoms with Gasteiger partial charge in [-0.2, -0.15) is 5.10 Å². The van der Waals surface area contributed by atoms with Crippen LogP contribution in [0.25, 0.3) is 22.3 Å². The predicted molar refractivity (Wildman–Crippen MR) is 126 cm³/mol. The number of hydrogen-bond acceptors (Lipinski definition) is 6. The zero-order valence-electron chi connectivity index (χ0n) is 18.4. The Balaban J connectivity index is 1.42. The lowest BCUT2D eigenvalue weighted by atomic mass is 10.1. The number of fused-ring (bicyclic) bond motifs is 1. The average Bonchev–Trinajstić information content (AvgIpc) is 3.46. The molecule has 0 amide bonds. The van der Waals surface area contributed by atoms with E-state index in [1.54, 1.807) is 19.4 Å². The van der Waals surface area contributed by atoms with Crippen LogP contribution in [-0.2, 0) is 6.54 Å². The number of hydrogen-bond donors (Lipinski definition) is 1. The van der Waals surface area contributed by atoms with Crippen molar-refractivity contribution in [3.8, 4) is 34.6 Å². The first kappa shape index (κ1) is 21.1. The van der Waals surface area contributed by atoms with Crippen LogP contribution in [0, 0.1) is 11.8 Å². The summed E-state index contributed by atoms with van der Waals surface area (Å²) in [5, 5.41) is 16.2. The van der Waals surface area contributed by atoms with Crippen molar-refractivity contribution in [3.05, 3.63) is 67.1 Å². The summed E-state index contributed by atoms with van der Waals surface area (Å²) >= 11 is 0. The highest BCUT2D eigenvalue weighted by atomic mass is 16.5. The molecule has 0 aliphatic carbocycles. The van der Waals surface area contributed by atoms with Crippen LogP contribution in [0.2, 0.25) is 0 Å². The second-order valence-electron chi connectivity index (χ2n) is 8.03. The van der Waals surface area contributed by atoms with Gasteiger partial charge in [0.05, 0.1) is 11.9 Å². The van der Waals surface area contributed by atoms with E-state index in [0.717, 1.165) is 53.2 Å². The molecule has 1 aliphatic rings. The molecule has 2 aromatic carbocycles. The Hall–Kier alpha value is -3.73. The third kappa shape index (κ3) is 4.44. The number of rotatable bonds is 6. The van der Waals surface area contributed by atoms with Crippen LogP contribution in [0.1, 0.15) is 19.8 Å². The first-order valence-electron chi connectivity index (χ1n) is 11.1. The number of benzene rings is 2. The van der Waals surface area contributed by atoms with E-state index in [9.17, 15) is 5.11 Å². The molecule has 7 nitrogen and oxygen atoms in total. The highest BCUT2D eigenvalue weighted by Crippen LogP contribution is 2.30. The number of para-hydroxylation sites is 1. The Labute approximate surface area is 192 Å². The zero-order valence-corrected chi connectivity index (χ0v) is 18.4. The lowest BCUT2D eigenvalue weighted by molar-refractivity contribution is 0.0340. The number of aliphatic hydroxyl groups excluding tert-OH is 1. The largest absolute Gasteiger partial charge is 0.457 e. The van der Waals surface area contributed by atoms with Gasteiger partial charge in [-0.25, -0.2) is 14.6 Å². The molecule has 4 aromatic rings. The molecule has 2 atom stereocenters. The van der Waals surface area contributed by atoms with E-state index < -0.39 is 6.23 Å². The first-order valence-corrected chi connectivity index (χ1v) is 11.1. The van der Waals surface area contributed by atoms with Crippen LogP contribution in [0.5, 0.6) is 11.5 Å². The van der Waals surface area contributed by atoms with Crippen molar-refractivity contribution < 1.29 is 9.84 Å². The Morgan fingerprint density at radius 2 is 1.91 bits per heavy atom. The standard InChI is InChI=1S/C26H25N5O2/c1-2-7-24(32)30-15-6-8-20(30)17-31-26-23(16-27-18-28-26)25(29-31)19-11-13-22(14-12-19)33-21-9-4-3-5-10-21/h3-5,9-14,16,18,20,24,32H,6,8,15,17H2,1H3/t20-,24?/m1/s1. The summed E-state index contributed by atoms with van der Waals surface area (Å²) in [7, 11) is 0. The van der Waals surface area contributed by atoms with Gasteiger partial charge in [0.15, 0.2) is 11.9 Å². The third-order valence-electron chi connectivity index (χ3n) is 5.91. The first-order chi connectivity index (χ1) is 16.2. The van der Waals surface area contributed by atoms with Crippen molar-refractivity contribution >= 4 is 11.0 Å². The minimum atomic E-state index is -0.754. The molecule has 0 saturated carbocycles. The molecular formula is C26H25N5O2. The molecule has 0 spiro atoms. The Morgan fingerprint density at radius 1 is 1.12 bits per heavy atom. The van der Waals surface area contributed by atoms with E-state index in [-0.39, 0.29) is 6.04 Å². The van der Waals surface area contributed by atoms with Crippen molar-refractivity contribution in [2.75, 3.05) is 6.54 Å². The summed E-state index contributed by atoms with van der Waals surface area (Å²) in [6.07, 6.45) is 4.60. The Kier molecular flexibility index (Phi) is 6.03. The maximum Gasteiger partial charge on any atom is 0.171 e. The molecule has 1 saturated heterocycles. The van der Waals surface area contributed by atoms with Crippen LogP contribution in [-0.4, -0.2) is 48.6 Å². The molecule has 3 heterocycles. The fourth-order valence-electron chi connectivity index (χ4n) is 4.35. The lowest BCUT2D eigenvalue weighted by Gasteiger charge is -2.26. The minimum Gasteiger partial charge on any atom is -0.457 e. The molecule has 0 radical (unpaired) electrons. The van der Waals surface area contributed by atoms with Crippen LogP contribution in [0.15, 0.2) is 67.1 Å². The van der Waals surface area contributed by atoms with Crippen molar-refractivity contribution in [2.24, 2.45) is 0 Å². The quantitative estimate of drug-likeness (QED) is 0.456. The fraction of sp³-hybridized carbons (Fsp3) is 0.269. The van der Waals surface area contributed by atoms with E-state index in [4.69, 9.17) is 9.84 Å². The zero-order chi connectivity index (χ0) is 22.6. The molecule has 0 bridgehead atoms. The van der Waals surface area contributed by atoms with Crippen LogP contribution in [0.3, 0.4) is 0 Å². The van der Waals surface area contributed by atoms with Gasteiger partial charge >= 0.3 is 0 Å². The van der Waals surface area contributed by atoms with Crippen LogP contribution in [0.4, 0.5) is 0 Å². The van der Waals surface area contributed by atoms with Gasteiger partial charge in [-0.3, -0.25) is 4.90 Å². The number of nitrogens with zero attached hydrogens (tertiary/aromatic N) is 5. The molecule has 1 fully saturated rings. The molecule has 1 aliphatic heterocycles. The smallest absolute Gasteiger partial charge is 0.171 e. The highest BCUT2D eigenvalue weighted by Gasteiger charge is 2.30. The number of likely N-dealkylation sites (tertiary alicyclic amines) is 1. The molecule has 1 N–H and O–H groups in total. The predicted octanol–water partition coefficient (Wildman–Crippen LogP) is 4.09. The van der Waals surface area contributed by atoms with E-state index in [1.807, 2.05) is 64.2 Å². The van der Waals surface area contributed by atoms with E-state index >= 15 is 0 Å². The second kappa shape index (κ2) is 9.41. The average molecular weight is 440 g/mol. The molecule has 7 heteroatoms. The topological polar surface area (TPSA) is 76.3 Å². The van der Waals surface area contributed by atoms with Gasteiger partial charge in [0.25, 0.3) is 0 Å². The van der Waals surface area contributed by atoms with Gasteiger partial charge in [0, 0.05) is 24.3 Å². The lowest BCUT2D eigenvalue weighted by Crippen LogP contribution is -2.40. The van der Waals surface area contributed by atoms with Crippen molar-refractivity contribution in [1.82, 2.24) is 24.6 Å². The highest BCUT2D eigenvalue weighted by molar-refractivity contribution is 5.90. The number of aliphatic hydroxyl groups is 1. The number of ether oxygens (including phenoxy) is 1. The van der Waals surface area contributed by atoms with Gasteiger partial charge in [0.2, 0.25) is 0 Å². The summed E-state index contributed by atoms with van der Waals surface area (Å²) in [5.74, 6) is 7.22. The maximum atomic E-state index is 10.4. The summed E-state index contributed by atoms with van der Waals surface area (Å²) in [4.78, 5) is 10.8. The Morgan fingerprint density at radius 3 is 2.70 bits per heavy atom. The molecule has 166 valence electrons. The third-order valence-corrected chi connectivity index (χ3v) is 5.91. The molecule has 1 unspecified atom stereocenters. The van der Waals surface area contributed by atoms with E-state index in [0.29, 0.717) is 6.54 Å². The fourth-order valence-corrected chi connectivity index (χ4v) is 4.35. The Bertz CT molecular complexity index is 1290. The summed E-state index contributed by atoms with van der Waals surface area (Å²) in [6, 6.07) is 17.7. The SMILES string of the molecule is CC#CC(O)N1CCC[C@@H]1Cn1nc(-c2ccc(Oc3ccccc3)cc2)c2cncnc21. The van der Waals surface area contributed by atoms with Crippen molar-refractivity contribution in [3.63, 3.8) is 0 Å². The van der Waals surface area contributed by atoms with Gasteiger partial charge in [-0.05, 0) is 56.2 Å². The maximum absolute atomic E-state index is 10.4. The minimum absolute atomic E-state index is 0.147. The van der Waals surface area contributed by atoms with E-state index in [1.165, 1.54) is 0 Å². The van der Waals surface area contributed by atoms with Gasteiger partial charge < -0.3 is 9.84 Å². The summed E-state index contributed by atoms with van der Waals surface area (Å²) < 4.78 is 7.84. The normalized spacial score (nSPS) is 17.0. The van der Waals surface area contributed by atoms with Crippen LogP contribution >= 0.6 is 0 Å². The van der Waals surface area contributed by atoms with Gasteiger partial charge in [-0.15, -0.1) is 5.92 Å². The number of aromatic nitrogens is 4. The molecule has 2 aromatic heterocycles. The molecule has 33 heavy (non-hydrogen) atoms. The van der Waals surface area contributed by atoms with Crippen molar-refractivity contribution in [2.45, 2.75) is 38.6 Å². The van der Waals surface area contributed by atoms with Gasteiger partial charge in [-0.1, -0.05) is 24.1 Å². The molecule has 5 rings (SSSR count).